The number of nitrogens with zero attached hydrogens (tertiary/aromatic N) is 3. The van der Waals surface area contributed by atoms with Crippen LogP contribution in [0, 0.1) is 0 Å². The fraction of sp³-hybridized carbons (Fsp3) is 0.0667. The van der Waals surface area contributed by atoms with Gasteiger partial charge >= 0.3 is 5.97 Å². The average Bonchev–Trinajstić information content (AvgIpc) is 2.54. The molecule has 0 saturated carbocycles. The number of hydrogen-bond acceptors (Lipinski definition) is 5. The van der Waals surface area contributed by atoms with Gasteiger partial charge in [-0.2, -0.15) is 0 Å². The van der Waals surface area contributed by atoms with Crippen LogP contribution in [0.2, 0.25) is 0 Å². The predicted octanol–water partition coefficient (Wildman–Crippen LogP) is 2.48. The van der Waals surface area contributed by atoms with E-state index in [1.807, 2.05) is 30.3 Å². The smallest absolute Gasteiger partial charge is 0.337 e. The minimum atomic E-state index is -0.397. The summed E-state index contributed by atoms with van der Waals surface area (Å²) in [6.45, 7) is 0. The predicted molar refractivity (Wildman–Crippen MR) is 74.1 cm³/mol. The summed E-state index contributed by atoms with van der Waals surface area (Å²) in [5.41, 5.74) is 2.57. The van der Waals surface area contributed by atoms with Gasteiger partial charge < -0.3 is 4.74 Å². The fourth-order valence-electron chi connectivity index (χ4n) is 1.89. The van der Waals surface area contributed by atoms with Crippen LogP contribution in [0.25, 0.3) is 22.4 Å². The Morgan fingerprint density at radius 1 is 1.00 bits per heavy atom. The molecular weight excluding hydrogens is 254 g/mol. The first-order chi connectivity index (χ1) is 9.78. The van der Waals surface area contributed by atoms with Crippen molar-refractivity contribution in [2.24, 2.45) is 0 Å². The molecule has 0 aliphatic heterocycles. The first-order valence-corrected chi connectivity index (χ1v) is 6.06. The number of rotatable bonds is 2. The third-order valence-electron chi connectivity index (χ3n) is 2.91. The lowest BCUT2D eigenvalue weighted by Crippen LogP contribution is -2.02. The molecule has 0 bridgehead atoms. The molecule has 2 aromatic carbocycles. The Labute approximate surface area is 115 Å². The number of fused-ring (bicyclic) bond motifs is 1. The summed E-state index contributed by atoms with van der Waals surface area (Å²) in [4.78, 5) is 16.0. The minimum Gasteiger partial charge on any atom is -0.465 e. The second-order valence-corrected chi connectivity index (χ2v) is 4.20. The Morgan fingerprint density at radius 2 is 1.80 bits per heavy atom. The molecule has 5 nitrogen and oxygen atoms in total. The van der Waals surface area contributed by atoms with Crippen molar-refractivity contribution < 1.29 is 9.53 Å². The fourth-order valence-corrected chi connectivity index (χ4v) is 1.89. The van der Waals surface area contributed by atoms with Crippen LogP contribution in [0.5, 0.6) is 0 Å². The van der Waals surface area contributed by atoms with Crippen LogP contribution in [-0.2, 0) is 4.74 Å². The van der Waals surface area contributed by atoms with E-state index in [1.165, 1.54) is 7.11 Å². The molecule has 0 atom stereocenters. The quantitative estimate of drug-likeness (QED) is 0.666. The summed E-state index contributed by atoms with van der Waals surface area (Å²) >= 11 is 0. The van der Waals surface area contributed by atoms with E-state index in [4.69, 9.17) is 4.74 Å². The highest BCUT2D eigenvalue weighted by molar-refractivity contribution is 5.93. The van der Waals surface area contributed by atoms with Crippen LogP contribution in [0.3, 0.4) is 0 Å². The molecule has 1 heterocycles. The highest BCUT2D eigenvalue weighted by Gasteiger charge is 2.09. The van der Waals surface area contributed by atoms with E-state index in [0.717, 1.165) is 5.56 Å². The summed E-state index contributed by atoms with van der Waals surface area (Å²) < 4.78 is 4.70. The molecule has 98 valence electrons. The zero-order valence-corrected chi connectivity index (χ0v) is 10.8. The molecule has 5 heteroatoms. The number of esters is 1. The van der Waals surface area contributed by atoms with E-state index in [2.05, 4.69) is 15.2 Å². The number of carbonyl (C=O) groups excluding carboxylic acids is 1. The normalized spacial score (nSPS) is 10.4. The van der Waals surface area contributed by atoms with Crippen molar-refractivity contribution in [3.63, 3.8) is 0 Å². The first-order valence-electron chi connectivity index (χ1n) is 6.06. The molecular formula is C15H11N3O2. The molecule has 0 aliphatic rings. The van der Waals surface area contributed by atoms with Crippen molar-refractivity contribution in [2.75, 3.05) is 7.11 Å². The van der Waals surface area contributed by atoms with Gasteiger partial charge in [-0.3, -0.25) is 0 Å². The van der Waals surface area contributed by atoms with E-state index < -0.39 is 5.97 Å². The van der Waals surface area contributed by atoms with Gasteiger partial charge in [-0.05, 0) is 18.2 Å². The van der Waals surface area contributed by atoms with Crippen LogP contribution in [0.4, 0.5) is 0 Å². The molecule has 0 radical (unpaired) electrons. The Bertz CT molecular complexity index is 772. The monoisotopic (exact) mass is 265 g/mol. The van der Waals surface area contributed by atoms with Gasteiger partial charge in [0.1, 0.15) is 5.52 Å². The number of aromatic nitrogens is 3. The zero-order valence-electron chi connectivity index (χ0n) is 10.8. The van der Waals surface area contributed by atoms with Gasteiger partial charge in [0.25, 0.3) is 0 Å². The minimum absolute atomic E-state index is 0.397. The highest BCUT2D eigenvalue weighted by atomic mass is 16.5. The summed E-state index contributed by atoms with van der Waals surface area (Å²) in [6.07, 6.45) is 0. The largest absolute Gasteiger partial charge is 0.465 e. The number of carbonyl (C=O) groups is 1. The maximum Gasteiger partial charge on any atom is 0.337 e. The molecule has 0 amide bonds. The lowest BCUT2D eigenvalue weighted by Gasteiger charge is -2.03. The topological polar surface area (TPSA) is 65.0 Å². The van der Waals surface area contributed by atoms with E-state index in [-0.39, 0.29) is 0 Å². The third kappa shape index (κ3) is 2.21. The molecule has 0 fully saturated rings. The average molecular weight is 265 g/mol. The standard InChI is InChI=1S/C15H11N3O2/c1-20-15(19)11-7-8-12-13(9-11)16-14(18-17-12)10-5-3-2-4-6-10/h2-9H,1H3. The first kappa shape index (κ1) is 12.2. The molecule has 0 N–H and O–H groups in total. The van der Waals surface area contributed by atoms with Crippen LogP contribution in [0.1, 0.15) is 10.4 Å². The van der Waals surface area contributed by atoms with Crippen LogP contribution in [-0.4, -0.2) is 28.3 Å². The SMILES string of the molecule is COC(=O)c1ccc2nnc(-c3ccccc3)nc2c1. The number of methoxy groups -OCH3 is 1. The van der Waals surface area contributed by atoms with Gasteiger partial charge in [-0.15, -0.1) is 10.2 Å². The van der Waals surface area contributed by atoms with Crippen molar-refractivity contribution in [3.8, 4) is 11.4 Å². The van der Waals surface area contributed by atoms with Crippen molar-refractivity contribution in [1.29, 1.82) is 0 Å². The third-order valence-corrected chi connectivity index (χ3v) is 2.91. The molecule has 0 spiro atoms. The number of benzene rings is 2. The molecule has 0 saturated heterocycles. The molecule has 20 heavy (non-hydrogen) atoms. The van der Waals surface area contributed by atoms with Gasteiger partial charge in [0.2, 0.25) is 0 Å². The Hall–Kier alpha value is -2.82. The lowest BCUT2D eigenvalue weighted by atomic mass is 10.2. The lowest BCUT2D eigenvalue weighted by molar-refractivity contribution is 0.0601. The van der Waals surface area contributed by atoms with E-state index in [1.54, 1.807) is 18.2 Å². The van der Waals surface area contributed by atoms with Crippen LogP contribution < -0.4 is 0 Å². The number of hydrogen-bond donors (Lipinski definition) is 0. The van der Waals surface area contributed by atoms with Crippen molar-refractivity contribution in [2.45, 2.75) is 0 Å². The Kier molecular flexibility index (Phi) is 3.09. The van der Waals surface area contributed by atoms with E-state index in [0.29, 0.717) is 22.4 Å². The summed E-state index contributed by atoms with van der Waals surface area (Å²) in [7, 11) is 1.35. The summed E-state index contributed by atoms with van der Waals surface area (Å²) in [5.74, 6) is 0.131. The van der Waals surface area contributed by atoms with Crippen molar-refractivity contribution in [3.05, 3.63) is 54.1 Å². The van der Waals surface area contributed by atoms with E-state index >= 15 is 0 Å². The van der Waals surface area contributed by atoms with Crippen molar-refractivity contribution in [1.82, 2.24) is 15.2 Å². The van der Waals surface area contributed by atoms with Gasteiger partial charge in [0.15, 0.2) is 5.82 Å². The van der Waals surface area contributed by atoms with Gasteiger partial charge in [0, 0.05) is 5.56 Å². The molecule has 3 aromatic rings. The van der Waals surface area contributed by atoms with Crippen molar-refractivity contribution >= 4 is 17.0 Å². The van der Waals surface area contributed by atoms with Gasteiger partial charge in [0.05, 0.1) is 18.2 Å². The highest BCUT2D eigenvalue weighted by Crippen LogP contribution is 2.17. The number of ether oxygens (including phenoxy) is 1. The van der Waals surface area contributed by atoms with Gasteiger partial charge in [-0.1, -0.05) is 30.3 Å². The zero-order chi connectivity index (χ0) is 13.9. The van der Waals surface area contributed by atoms with Gasteiger partial charge in [-0.25, -0.2) is 9.78 Å². The maximum atomic E-state index is 11.5. The van der Waals surface area contributed by atoms with E-state index in [9.17, 15) is 4.79 Å². The molecule has 1 aromatic heterocycles. The second kappa shape index (κ2) is 5.05. The van der Waals surface area contributed by atoms with Crippen LogP contribution >= 0.6 is 0 Å². The van der Waals surface area contributed by atoms with Crippen LogP contribution in [0.15, 0.2) is 48.5 Å². The molecule has 0 aliphatic carbocycles. The Balaban J connectivity index is 2.12. The molecule has 0 unspecified atom stereocenters. The summed E-state index contributed by atoms with van der Waals surface area (Å²) in [6, 6.07) is 14.6. The molecule has 3 rings (SSSR count). The second-order valence-electron chi connectivity index (χ2n) is 4.20. The Morgan fingerprint density at radius 3 is 2.55 bits per heavy atom. The summed E-state index contributed by atoms with van der Waals surface area (Å²) in [5, 5.41) is 8.21. The maximum absolute atomic E-state index is 11.5.